The Labute approximate surface area is 116 Å². The lowest BCUT2D eigenvalue weighted by atomic mass is 10.00. The number of hydrogen-bond donors (Lipinski definition) is 0. The summed E-state index contributed by atoms with van der Waals surface area (Å²) in [6, 6.07) is 2.06. The van der Waals surface area contributed by atoms with E-state index in [1.807, 2.05) is 0 Å². The average Bonchev–Trinajstić information content (AvgIpc) is 2.43. The van der Waals surface area contributed by atoms with Crippen molar-refractivity contribution < 1.29 is 9.53 Å². The lowest BCUT2D eigenvalue weighted by Crippen LogP contribution is -2.34. The summed E-state index contributed by atoms with van der Waals surface area (Å²) in [7, 11) is 3.83. The van der Waals surface area contributed by atoms with Gasteiger partial charge in [-0.2, -0.15) is 5.26 Å². The van der Waals surface area contributed by atoms with Crippen molar-refractivity contribution in [3.63, 3.8) is 0 Å². The van der Waals surface area contributed by atoms with Gasteiger partial charge in [-0.15, -0.1) is 0 Å². The summed E-state index contributed by atoms with van der Waals surface area (Å²) in [6.07, 6.45) is 3.18. The summed E-state index contributed by atoms with van der Waals surface area (Å²) >= 11 is 0. The Hall–Kier alpha value is -1.12. The topological polar surface area (TPSA) is 56.6 Å². The third-order valence-electron chi connectivity index (χ3n) is 3.60. The van der Waals surface area contributed by atoms with E-state index in [1.165, 1.54) is 0 Å². The molecule has 1 aliphatic heterocycles. The van der Waals surface area contributed by atoms with Crippen molar-refractivity contribution in [3.8, 4) is 6.07 Å². The molecule has 1 aliphatic rings. The first-order valence-electron chi connectivity index (χ1n) is 7.00. The highest BCUT2D eigenvalue weighted by Gasteiger charge is 2.16. The third kappa shape index (κ3) is 6.55. The fourth-order valence-corrected chi connectivity index (χ4v) is 2.28. The van der Waals surface area contributed by atoms with Crippen LogP contribution in [0.5, 0.6) is 0 Å². The van der Waals surface area contributed by atoms with E-state index in [0.717, 1.165) is 39.1 Å². The van der Waals surface area contributed by atoms with Crippen molar-refractivity contribution in [3.05, 3.63) is 0 Å². The monoisotopic (exact) mass is 267 g/mol. The molecule has 0 bridgehead atoms. The Bertz CT molecular complexity index is 308. The zero-order valence-electron chi connectivity index (χ0n) is 12.1. The van der Waals surface area contributed by atoms with E-state index in [0.29, 0.717) is 25.3 Å². The van der Waals surface area contributed by atoms with E-state index in [2.05, 4.69) is 18.0 Å². The maximum absolute atomic E-state index is 11.8. The number of carbonyl (C=O) groups excluding carboxylic acids is 1. The second-order valence-corrected chi connectivity index (χ2v) is 5.29. The summed E-state index contributed by atoms with van der Waals surface area (Å²) in [6.45, 7) is 4.09. The zero-order valence-corrected chi connectivity index (χ0v) is 12.1. The lowest BCUT2D eigenvalue weighted by Gasteiger charge is -2.27. The summed E-state index contributed by atoms with van der Waals surface area (Å²) in [5.41, 5.74) is 0. The van der Waals surface area contributed by atoms with Crippen LogP contribution in [0.3, 0.4) is 0 Å². The number of carbonyl (C=O) groups is 1. The van der Waals surface area contributed by atoms with Crippen molar-refractivity contribution in [2.24, 2.45) is 5.92 Å². The molecule has 1 amide bonds. The van der Waals surface area contributed by atoms with Gasteiger partial charge in [-0.3, -0.25) is 4.79 Å². The van der Waals surface area contributed by atoms with Crippen molar-refractivity contribution in [2.75, 3.05) is 46.9 Å². The van der Waals surface area contributed by atoms with Crippen LogP contribution < -0.4 is 0 Å². The Morgan fingerprint density at radius 1 is 1.32 bits per heavy atom. The van der Waals surface area contributed by atoms with Crippen molar-refractivity contribution in [1.82, 2.24) is 9.80 Å². The van der Waals surface area contributed by atoms with Crippen LogP contribution in [0.4, 0.5) is 0 Å². The van der Waals surface area contributed by atoms with E-state index >= 15 is 0 Å². The summed E-state index contributed by atoms with van der Waals surface area (Å²) in [5.74, 6) is 0.819. The molecule has 19 heavy (non-hydrogen) atoms. The third-order valence-corrected chi connectivity index (χ3v) is 3.60. The van der Waals surface area contributed by atoms with Gasteiger partial charge >= 0.3 is 0 Å². The molecule has 0 aliphatic carbocycles. The average molecular weight is 267 g/mol. The Morgan fingerprint density at radius 2 is 2.00 bits per heavy atom. The molecule has 5 nitrogen and oxygen atoms in total. The molecule has 0 radical (unpaired) electrons. The minimum absolute atomic E-state index is 0.120. The van der Waals surface area contributed by atoms with Gasteiger partial charge in [0.2, 0.25) is 5.91 Å². The Morgan fingerprint density at radius 3 is 2.63 bits per heavy atom. The van der Waals surface area contributed by atoms with Crippen molar-refractivity contribution in [1.29, 1.82) is 5.26 Å². The Kier molecular flexibility index (Phi) is 7.46. The first kappa shape index (κ1) is 15.9. The summed E-state index contributed by atoms with van der Waals surface area (Å²) < 4.78 is 5.34. The highest BCUT2D eigenvalue weighted by molar-refractivity contribution is 5.76. The maximum Gasteiger partial charge on any atom is 0.223 e. The number of ether oxygens (including phenoxy) is 1. The molecule has 1 fully saturated rings. The minimum atomic E-state index is 0.120. The van der Waals surface area contributed by atoms with E-state index in [4.69, 9.17) is 10.00 Å². The van der Waals surface area contributed by atoms with Gasteiger partial charge in [0, 0.05) is 46.3 Å². The second kappa shape index (κ2) is 8.89. The molecule has 1 saturated heterocycles. The van der Waals surface area contributed by atoms with Crippen LogP contribution in [0, 0.1) is 17.2 Å². The van der Waals surface area contributed by atoms with Gasteiger partial charge in [0.1, 0.15) is 0 Å². The fourth-order valence-electron chi connectivity index (χ4n) is 2.28. The molecule has 0 N–H and O–H groups in total. The molecule has 5 heteroatoms. The van der Waals surface area contributed by atoms with Crippen LogP contribution >= 0.6 is 0 Å². The standard InChI is InChI=1S/C14H25N3O2/c1-16(12-13-5-10-19-11-6-13)9-4-14(18)17(2)8-3-7-15/h13H,3-6,8-12H2,1-2H3. The van der Waals surface area contributed by atoms with Crippen molar-refractivity contribution in [2.45, 2.75) is 25.7 Å². The summed E-state index contributed by atoms with van der Waals surface area (Å²) in [5, 5.41) is 8.49. The summed E-state index contributed by atoms with van der Waals surface area (Å²) in [4.78, 5) is 15.7. The number of nitrogens with zero attached hydrogens (tertiary/aromatic N) is 3. The molecule has 0 spiro atoms. The highest BCUT2D eigenvalue weighted by Crippen LogP contribution is 2.15. The van der Waals surface area contributed by atoms with Crippen LogP contribution in [0.1, 0.15) is 25.7 Å². The van der Waals surface area contributed by atoms with Gasteiger partial charge in [-0.1, -0.05) is 0 Å². The zero-order chi connectivity index (χ0) is 14.1. The number of hydrogen-bond acceptors (Lipinski definition) is 4. The van der Waals surface area contributed by atoms with Gasteiger partial charge < -0.3 is 14.5 Å². The van der Waals surface area contributed by atoms with Crippen LogP contribution in [-0.2, 0) is 9.53 Å². The van der Waals surface area contributed by atoms with Gasteiger partial charge in [0.05, 0.1) is 12.5 Å². The molecule has 0 saturated carbocycles. The van der Waals surface area contributed by atoms with Gasteiger partial charge in [0.15, 0.2) is 0 Å². The van der Waals surface area contributed by atoms with E-state index < -0.39 is 0 Å². The molecule has 0 aromatic heterocycles. The Balaban J connectivity index is 2.16. The molecule has 0 aromatic rings. The van der Waals surface area contributed by atoms with Gasteiger partial charge in [0.25, 0.3) is 0 Å². The minimum Gasteiger partial charge on any atom is -0.381 e. The predicted octanol–water partition coefficient (Wildman–Crippen LogP) is 1.11. The van der Waals surface area contributed by atoms with Crippen LogP contribution in [0.25, 0.3) is 0 Å². The van der Waals surface area contributed by atoms with E-state index in [1.54, 1.807) is 11.9 Å². The normalized spacial score (nSPS) is 16.3. The molecule has 0 aromatic carbocycles. The van der Waals surface area contributed by atoms with Gasteiger partial charge in [-0.05, 0) is 25.8 Å². The van der Waals surface area contributed by atoms with Gasteiger partial charge in [-0.25, -0.2) is 0 Å². The molecular formula is C14H25N3O2. The van der Waals surface area contributed by atoms with E-state index in [9.17, 15) is 4.79 Å². The van der Waals surface area contributed by atoms with Crippen LogP contribution in [0.15, 0.2) is 0 Å². The maximum atomic E-state index is 11.8. The van der Waals surface area contributed by atoms with Crippen molar-refractivity contribution >= 4 is 5.91 Å². The van der Waals surface area contributed by atoms with E-state index in [-0.39, 0.29) is 5.91 Å². The number of nitriles is 1. The van der Waals surface area contributed by atoms with Crippen LogP contribution in [0.2, 0.25) is 0 Å². The first-order chi connectivity index (χ1) is 9.13. The van der Waals surface area contributed by atoms with Crippen LogP contribution in [-0.4, -0.2) is 62.7 Å². The predicted molar refractivity (Wildman–Crippen MR) is 73.5 cm³/mol. The fraction of sp³-hybridized carbons (Fsp3) is 0.857. The number of rotatable bonds is 7. The molecule has 1 heterocycles. The molecule has 1 rings (SSSR count). The SMILES string of the molecule is CN(CCC(=O)N(C)CCC#N)CC1CCOCC1. The first-order valence-corrected chi connectivity index (χ1v) is 7.00. The smallest absolute Gasteiger partial charge is 0.223 e. The largest absolute Gasteiger partial charge is 0.381 e. The quantitative estimate of drug-likeness (QED) is 0.693. The second-order valence-electron chi connectivity index (χ2n) is 5.29. The molecule has 0 unspecified atom stereocenters. The lowest BCUT2D eigenvalue weighted by molar-refractivity contribution is -0.130. The molecule has 108 valence electrons. The molecular weight excluding hydrogens is 242 g/mol. The molecule has 0 atom stereocenters. The number of amides is 1. The highest BCUT2D eigenvalue weighted by atomic mass is 16.5.